The van der Waals surface area contributed by atoms with Crippen LogP contribution in [-0.2, 0) is 15.7 Å². The molecule has 1 aliphatic rings. The minimum Gasteiger partial charge on any atom is -0.444 e. The zero-order valence-electron chi connectivity index (χ0n) is 25.1. The summed E-state index contributed by atoms with van der Waals surface area (Å²) in [6.07, 6.45) is 2.16. The molecule has 1 aliphatic carbocycles. The third-order valence-electron chi connectivity index (χ3n) is 7.67. The van der Waals surface area contributed by atoms with E-state index in [1.54, 1.807) is 18.3 Å². The number of nitrogens with one attached hydrogen (secondary N) is 1. The van der Waals surface area contributed by atoms with Gasteiger partial charge >= 0.3 is 6.09 Å². The lowest BCUT2D eigenvalue weighted by atomic mass is 9.62. The van der Waals surface area contributed by atoms with Crippen LogP contribution < -0.4 is 5.32 Å². The molecule has 218 valence electrons. The summed E-state index contributed by atoms with van der Waals surface area (Å²) in [6, 6.07) is 14.3. The number of fused-ring (bicyclic) bond motifs is 3. The highest BCUT2D eigenvalue weighted by Gasteiger charge is 2.53. The van der Waals surface area contributed by atoms with Crippen LogP contribution in [0, 0.1) is 0 Å². The molecular weight excluding hydrogens is 546 g/mol. The Kier molecular flexibility index (Phi) is 6.47. The third kappa shape index (κ3) is 5.27. The minimum atomic E-state index is -0.866. The molecule has 42 heavy (non-hydrogen) atoms. The van der Waals surface area contributed by atoms with Crippen LogP contribution in [0.15, 0.2) is 59.4 Å². The van der Waals surface area contributed by atoms with Crippen LogP contribution in [0.1, 0.15) is 72.6 Å². The summed E-state index contributed by atoms with van der Waals surface area (Å²) in [5.74, 6) is 0. The van der Waals surface area contributed by atoms with Gasteiger partial charge in [-0.15, -0.1) is 0 Å². The largest absolute Gasteiger partial charge is 0.444 e. The van der Waals surface area contributed by atoms with Crippen molar-refractivity contribution in [2.75, 3.05) is 0 Å². The van der Waals surface area contributed by atoms with Gasteiger partial charge in [0.1, 0.15) is 5.60 Å². The van der Waals surface area contributed by atoms with Gasteiger partial charge in [-0.2, -0.15) is 21.0 Å². The fourth-order valence-electron chi connectivity index (χ4n) is 5.82. The lowest BCUT2D eigenvalue weighted by molar-refractivity contribution is -0.0892. The Hall–Kier alpha value is -3.82. The van der Waals surface area contributed by atoms with E-state index in [9.17, 15) is 9.90 Å². The molecule has 0 radical (unpaired) electrons. The maximum absolute atomic E-state index is 12.8. The number of benzene rings is 1. The van der Waals surface area contributed by atoms with Gasteiger partial charge in [0.25, 0.3) is 0 Å². The minimum absolute atomic E-state index is 0.120. The fourth-order valence-corrected chi connectivity index (χ4v) is 6.48. The Balaban J connectivity index is 1.44. The van der Waals surface area contributed by atoms with E-state index in [0.29, 0.717) is 12.8 Å². The van der Waals surface area contributed by atoms with Gasteiger partial charge in [-0.05, 0) is 61.7 Å². The number of amides is 1. The zero-order chi connectivity index (χ0) is 30.1. The number of hydrogen-bond donors (Lipinski definition) is 2. The number of hydrogen-bond acceptors (Lipinski definition) is 7. The summed E-state index contributed by atoms with van der Waals surface area (Å²) in [5, 5.41) is 23.7. The molecule has 5 aromatic rings. The Morgan fingerprint density at radius 3 is 2.36 bits per heavy atom. The highest BCUT2D eigenvalue weighted by Crippen LogP contribution is 2.49. The van der Waals surface area contributed by atoms with Crippen LogP contribution in [0.4, 0.5) is 4.79 Å². The van der Waals surface area contributed by atoms with Gasteiger partial charge in [-0.1, -0.05) is 45.0 Å². The molecule has 0 saturated heterocycles. The number of thiophene rings is 1. The standard InChI is InChI=1S/C33H37N5O3S/c1-30(2,3)25-15-26-34-16-22-14-24(21-12-13-42-17-21)27(35-28(22)38(26)37-25)20-8-10-23(11-9-20)33(18-32(7,40)19-33)36-29(39)41-31(4,5)6/h8-17,40H,18-19H2,1-7H3,(H,36,39)/t32-,33-. The molecule has 4 aromatic heterocycles. The van der Waals surface area contributed by atoms with Crippen molar-refractivity contribution in [3.8, 4) is 22.4 Å². The average molecular weight is 584 g/mol. The summed E-state index contributed by atoms with van der Waals surface area (Å²) < 4.78 is 7.39. The van der Waals surface area contributed by atoms with Crippen molar-refractivity contribution in [3.63, 3.8) is 0 Å². The molecule has 9 heteroatoms. The predicted octanol–water partition coefficient (Wildman–Crippen LogP) is 7.24. The van der Waals surface area contributed by atoms with Crippen molar-refractivity contribution in [2.45, 2.75) is 83.5 Å². The van der Waals surface area contributed by atoms with Crippen LogP contribution in [-0.4, -0.2) is 42.0 Å². The van der Waals surface area contributed by atoms with Gasteiger partial charge in [-0.25, -0.2) is 14.8 Å². The molecule has 0 bridgehead atoms. The quantitative estimate of drug-likeness (QED) is 0.231. The number of nitrogens with zero attached hydrogens (tertiary/aromatic N) is 4. The van der Waals surface area contributed by atoms with Crippen LogP contribution in [0.25, 0.3) is 39.1 Å². The second kappa shape index (κ2) is 9.61. The topological polar surface area (TPSA) is 102 Å². The average Bonchev–Trinajstić information content (AvgIpc) is 3.56. The van der Waals surface area contributed by atoms with Gasteiger partial charge in [0.05, 0.1) is 22.5 Å². The molecule has 0 aliphatic heterocycles. The van der Waals surface area contributed by atoms with E-state index in [1.165, 1.54) is 0 Å². The SMILES string of the molecule is CC(C)(C)OC(=O)N[C@]1(c2ccc(-c3nc4c(cnc5cc(C(C)(C)C)nn54)cc3-c3ccsc3)cc2)C[C@@](C)(O)C1. The van der Waals surface area contributed by atoms with Gasteiger partial charge in [-0.3, -0.25) is 0 Å². The Bertz CT molecular complexity index is 1780. The predicted molar refractivity (Wildman–Crippen MR) is 167 cm³/mol. The summed E-state index contributed by atoms with van der Waals surface area (Å²) in [7, 11) is 0. The van der Waals surface area contributed by atoms with Gasteiger partial charge in [0, 0.05) is 47.0 Å². The van der Waals surface area contributed by atoms with E-state index in [1.807, 2.05) is 61.8 Å². The van der Waals surface area contributed by atoms with Crippen molar-refractivity contribution < 1.29 is 14.6 Å². The molecule has 0 atom stereocenters. The van der Waals surface area contributed by atoms with Gasteiger partial charge in [0.15, 0.2) is 11.3 Å². The first-order valence-electron chi connectivity index (χ1n) is 14.2. The van der Waals surface area contributed by atoms with E-state index in [4.69, 9.17) is 14.8 Å². The van der Waals surface area contributed by atoms with Crippen molar-refractivity contribution in [1.82, 2.24) is 24.9 Å². The zero-order valence-corrected chi connectivity index (χ0v) is 26.0. The molecule has 6 rings (SSSR count). The highest BCUT2D eigenvalue weighted by atomic mass is 32.1. The van der Waals surface area contributed by atoms with E-state index in [2.05, 4.69) is 54.0 Å². The molecule has 2 N–H and O–H groups in total. The number of ether oxygens (including phenoxy) is 1. The van der Waals surface area contributed by atoms with Crippen LogP contribution in [0.5, 0.6) is 0 Å². The second-order valence-electron chi connectivity index (χ2n) is 13.8. The summed E-state index contributed by atoms with van der Waals surface area (Å²) >= 11 is 1.64. The summed E-state index contributed by atoms with van der Waals surface area (Å²) in [4.78, 5) is 22.6. The maximum atomic E-state index is 12.8. The lowest BCUT2D eigenvalue weighted by Crippen LogP contribution is -2.62. The maximum Gasteiger partial charge on any atom is 0.408 e. The monoisotopic (exact) mass is 583 g/mol. The summed E-state index contributed by atoms with van der Waals surface area (Å²) in [5.41, 5.74) is 4.92. The molecule has 4 heterocycles. The first-order valence-corrected chi connectivity index (χ1v) is 15.1. The van der Waals surface area contributed by atoms with Crippen LogP contribution >= 0.6 is 11.3 Å². The first kappa shape index (κ1) is 28.3. The van der Waals surface area contributed by atoms with Gasteiger partial charge < -0.3 is 15.2 Å². The number of pyridine rings is 1. The molecule has 0 unspecified atom stereocenters. The molecular formula is C33H37N5O3S. The van der Waals surface area contributed by atoms with Crippen molar-refractivity contribution in [3.05, 3.63) is 70.7 Å². The van der Waals surface area contributed by atoms with E-state index in [-0.39, 0.29) is 5.41 Å². The number of carbonyl (C=O) groups excluding carboxylic acids is 1. The van der Waals surface area contributed by atoms with E-state index < -0.39 is 22.8 Å². The summed E-state index contributed by atoms with van der Waals surface area (Å²) in [6.45, 7) is 13.7. The van der Waals surface area contributed by atoms with E-state index >= 15 is 0 Å². The molecule has 0 spiro atoms. The Morgan fingerprint density at radius 1 is 1.05 bits per heavy atom. The second-order valence-corrected chi connectivity index (χ2v) is 14.5. The Morgan fingerprint density at radius 2 is 1.76 bits per heavy atom. The lowest BCUT2D eigenvalue weighted by Gasteiger charge is -2.52. The van der Waals surface area contributed by atoms with Crippen molar-refractivity contribution in [2.24, 2.45) is 0 Å². The number of aliphatic hydroxyl groups is 1. The molecule has 1 aromatic carbocycles. The van der Waals surface area contributed by atoms with Crippen molar-refractivity contribution in [1.29, 1.82) is 0 Å². The highest BCUT2D eigenvalue weighted by molar-refractivity contribution is 7.08. The number of aromatic nitrogens is 4. The van der Waals surface area contributed by atoms with Crippen molar-refractivity contribution >= 4 is 34.1 Å². The molecule has 1 saturated carbocycles. The van der Waals surface area contributed by atoms with E-state index in [0.717, 1.165) is 50.3 Å². The smallest absolute Gasteiger partial charge is 0.408 e. The number of rotatable bonds is 4. The van der Waals surface area contributed by atoms with Gasteiger partial charge in [0.2, 0.25) is 0 Å². The normalized spacial score (nSPS) is 21.0. The molecule has 1 fully saturated rings. The third-order valence-corrected chi connectivity index (χ3v) is 8.36. The fraction of sp³-hybridized carbons (Fsp3) is 0.394. The number of carbonyl (C=O) groups is 1. The van der Waals surface area contributed by atoms with Crippen LogP contribution in [0.2, 0.25) is 0 Å². The molecule has 1 amide bonds. The first-order chi connectivity index (χ1) is 19.6. The Labute approximate surface area is 249 Å². The molecule has 8 nitrogen and oxygen atoms in total. The number of alkyl carbamates (subject to hydrolysis) is 1. The van der Waals surface area contributed by atoms with Crippen LogP contribution in [0.3, 0.4) is 0 Å².